The van der Waals surface area contributed by atoms with Crippen molar-refractivity contribution in [1.82, 2.24) is 0 Å². The lowest BCUT2D eigenvalue weighted by molar-refractivity contribution is -0.143. The summed E-state index contributed by atoms with van der Waals surface area (Å²) in [5.41, 5.74) is 11.5. The van der Waals surface area contributed by atoms with Gasteiger partial charge < -0.3 is 15.2 Å². The van der Waals surface area contributed by atoms with Crippen LogP contribution in [0.1, 0.15) is 48.9 Å². The number of rotatable bonds is 10. The highest BCUT2D eigenvalue weighted by molar-refractivity contribution is 5.75. The van der Waals surface area contributed by atoms with E-state index in [9.17, 15) is 4.79 Å². The van der Waals surface area contributed by atoms with Gasteiger partial charge in [-0.15, -0.1) is 6.58 Å². The lowest BCUT2D eigenvalue weighted by Crippen LogP contribution is -2.17. The van der Waals surface area contributed by atoms with Crippen molar-refractivity contribution in [1.29, 1.82) is 0 Å². The van der Waals surface area contributed by atoms with E-state index in [4.69, 9.17) is 15.2 Å². The van der Waals surface area contributed by atoms with Gasteiger partial charge in [0.05, 0.1) is 19.6 Å². The van der Waals surface area contributed by atoms with Crippen LogP contribution in [-0.2, 0) is 9.53 Å². The zero-order chi connectivity index (χ0) is 20.5. The minimum atomic E-state index is -0.404. The van der Waals surface area contributed by atoms with Gasteiger partial charge in [-0.2, -0.15) is 0 Å². The summed E-state index contributed by atoms with van der Waals surface area (Å²) < 4.78 is 11.1. The summed E-state index contributed by atoms with van der Waals surface area (Å²) >= 11 is 0. The number of allylic oxidation sites excluding steroid dienone is 1. The van der Waals surface area contributed by atoms with E-state index in [-0.39, 0.29) is 12.4 Å². The molecule has 0 aromatic heterocycles. The molecule has 4 heteroatoms. The van der Waals surface area contributed by atoms with Gasteiger partial charge >= 0.3 is 5.97 Å². The van der Waals surface area contributed by atoms with Gasteiger partial charge in [0, 0.05) is 11.6 Å². The van der Waals surface area contributed by atoms with Crippen molar-refractivity contribution >= 4 is 5.97 Å². The number of ether oxygens (including phenoxy) is 2. The predicted octanol–water partition coefficient (Wildman–Crippen LogP) is 5.27. The fraction of sp³-hybridized carbons (Fsp3) is 0.375. The largest absolute Gasteiger partial charge is 0.493 e. The second-order valence-electron chi connectivity index (χ2n) is 6.98. The SMILES string of the molecule is C=CCCCOc1cccc(C)c1-c1cc(C)cc([C@@H](N)CC(=O)OCC)c1. The standard InChI is InChI=1S/C24H31NO3/c1-5-7-8-12-28-22-11-9-10-18(4)24(22)20-14-17(3)13-19(15-20)21(25)16-23(26)27-6-2/h5,9-11,13-15,21H,1,6-8,12,16,25H2,2-4H3/t21-/m0/s1. The van der Waals surface area contributed by atoms with Gasteiger partial charge in [0.25, 0.3) is 0 Å². The minimum absolute atomic E-state index is 0.162. The quantitative estimate of drug-likeness (QED) is 0.346. The lowest BCUT2D eigenvalue weighted by Gasteiger charge is -2.18. The van der Waals surface area contributed by atoms with Gasteiger partial charge in [-0.25, -0.2) is 0 Å². The molecule has 2 aromatic carbocycles. The van der Waals surface area contributed by atoms with E-state index >= 15 is 0 Å². The van der Waals surface area contributed by atoms with Crippen molar-refractivity contribution in [3.05, 3.63) is 65.7 Å². The third-order valence-electron chi connectivity index (χ3n) is 4.55. The first-order valence-electron chi connectivity index (χ1n) is 9.82. The number of aryl methyl sites for hydroxylation is 2. The number of hydrogen-bond donors (Lipinski definition) is 1. The van der Waals surface area contributed by atoms with Gasteiger partial charge in [0.1, 0.15) is 5.75 Å². The van der Waals surface area contributed by atoms with Crippen molar-refractivity contribution in [2.75, 3.05) is 13.2 Å². The summed E-state index contributed by atoms with van der Waals surface area (Å²) in [6, 6.07) is 11.9. The van der Waals surface area contributed by atoms with Gasteiger partial charge in [-0.3, -0.25) is 4.79 Å². The Morgan fingerprint density at radius 2 is 2.04 bits per heavy atom. The van der Waals surface area contributed by atoms with Crippen LogP contribution in [0.5, 0.6) is 5.75 Å². The summed E-state index contributed by atoms with van der Waals surface area (Å²) in [4.78, 5) is 11.8. The molecule has 0 aliphatic carbocycles. The van der Waals surface area contributed by atoms with Crippen molar-refractivity contribution in [2.45, 2.75) is 46.1 Å². The molecular formula is C24H31NO3. The monoisotopic (exact) mass is 381 g/mol. The van der Waals surface area contributed by atoms with Crippen LogP contribution in [-0.4, -0.2) is 19.2 Å². The van der Waals surface area contributed by atoms with Gasteiger partial charge in [0.15, 0.2) is 0 Å². The molecule has 0 bridgehead atoms. The summed E-state index contributed by atoms with van der Waals surface area (Å²) in [6.07, 6.45) is 3.92. The molecule has 4 nitrogen and oxygen atoms in total. The van der Waals surface area contributed by atoms with Crippen LogP contribution in [0.25, 0.3) is 11.1 Å². The van der Waals surface area contributed by atoms with Crippen LogP contribution in [0, 0.1) is 13.8 Å². The fourth-order valence-electron chi connectivity index (χ4n) is 3.23. The average molecular weight is 382 g/mol. The van der Waals surface area contributed by atoms with Crippen molar-refractivity contribution < 1.29 is 14.3 Å². The summed E-state index contributed by atoms with van der Waals surface area (Å²) in [5, 5.41) is 0. The van der Waals surface area contributed by atoms with E-state index in [2.05, 4.69) is 31.7 Å². The Morgan fingerprint density at radius 3 is 2.75 bits per heavy atom. The highest BCUT2D eigenvalue weighted by atomic mass is 16.5. The van der Waals surface area contributed by atoms with Gasteiger partial charge in [-0.1, -0.05) is 35.9 Å². The zero-order valence-electron chi connectivity index (χ0n) is 17.2. The number of unbranched alkanes of at least 4 members (excludes halogenated alkanes) is 1. The van der Waals surface area contributed by atoms with Crippen LogP contribution < -0.4 is 10.5 Å². The number of benzene rings is 2. The molecule has 0 saturated heterocycles. The van der Waals surface area contributed by atoms with Crippen LogP contribution >= 0.6 is 0 Å². The Morgan fingerprint density at radius 1 is 1.25 bits per heavy atom. The van der Waals surface area contributed by atoms with E-state index in [0.29, 0.717) is 13.2 Å². The molecule has 0 unspecified atom stereocenters. The second-order valence-corrected chi connectivity index (χ2v) is 6.98. The molecule has 2 rings (SSSR count). The molecule has 0 heterocycles. The van der Waals surface area contributed by atoms with Crippen LogP contribution in [0.3, 0.4) is 0 Å². The van der Waals surface area contributed by atoms with Gasteiger partial charge in [-0.05, 0) is 62.4 Å². The first kappa shape index (κ1) is 21.7. The number of carbonyl (C=O) groups is 1. The highest BCUT2D eigenvalue weighted by Crippen LogP contribution is 2.35. The normalized spacial score (nSPS) is 11.7. The topological polar surface area (TPSA) is 61.5 Å². The molecule has 0 spiro atoms. The van der Waals surface area contributed by atoms with E-state index in [1.165, 1.54) is 0 Å². The van der Waals surface area contributed by atoms with Crippen molar-refractivity contribution in [3.63, 3.8) is 0 Å². The molecular weight excluding hydrogens is 350 g/mol. The molecule has 0 saturated carbocycles. The number of hydrogen-bond acceptors (Lipinski definition) is 4. The Bertz CT molecular complexity index is 813. The molecule has 0 radical (unpaired) electrons. The molecule has 150 valence electrons. The molecule has 1 atom stereocenters. The number of nitrogens with two attached hydrogens (primary N) is 1. The molecule has 28 heavy (non-hydrogen) atoms. The van der Waals surface area contributed by atoms with Gasteiger partial charge in [0.2, 0.25) is 0 Å². The number of carbonyl (C=O) groups excluding carboxylic acids is 1. The molecule has 0 amide bonds. The maximum Gasteiger partial charge on any atom is 0.307 e. The first-order valence-corrected chi connectivity index (χ1v) is 9.82. The Hall–Kier alpha value is -2.59. The maximum absolute atomic E-state index is 11.8. The van der Waals surface area contributed by atoms with E-state index in [0.717, 1.165) is 46.4 Å². The first-order chi connectivity index (χ1) is 13.5. The smallest absolute Gasteiger partial charge is 0.307 e. The average Bonchev–Trinajstić information content (AvgIpc) is 2.65. The summed E-state index contributed by atoms with van der Waals surface area (Å²) in [6.45, 7) is 10.7. The third kappa shape index (κ3) is 5.96. The Balaban J connectivity index is 2.33. The molecule has 0 aliphatic heterocycles. The molecule has 0 fully saturated rings. The van der Waals surface area contributed by atoms with E-state index < -0.39 is 6.04 Å². The van der Waals surface area contributed by atoms with Crippen molar-refractivity contribution in [3.8, 4) is 16.9 Å². The Kier molecular flexibility index (Phi) is 8.27. The van der Waals surface area contributed by atoms with Crippen LogP contribution in [0.2, 0.25) is 0 Å². The zero-order valence-corrected chi connectivity index (χ0v) is 17.2. The molecule has 0 aliphatic rings. The van der Waals surface area contributed by atoms with E-state index in [1.54, 1.807) is 6.92 Å². The Labute approximate surface area is 168 Å². The number of esters is 1. The third-order valence-corrected chi connectivity index (χ3v) is 4.55. The summed E-state index contributed by atoms with van der Waals surface area (Å²) in [7, 11) is 0. The lowest BCUT2D eigenvalue weighted by atomic mass is 9.93. The maximum atomic E-state index is 11.8. The molecule has 2 N–H and O–H groups in total. The minimum Gasteiger partial charge on any atom is -0.493 e. The van der Waals surface area contributed by atoms with Crippen molar-refractivity contribution in [2.24, 2.45) is 5.73 Å². The summed E-state index contributed by atoms with van der Waals surface area (Å²) in [5.74, 6) is 0.583. The second kappa shape index (κ2) is 10.7. The van der Waals surface area contributed by atoms with Crippen LogP contribution in [0.4, 0.5) is 0 Å². The fourth-order valence-corrected chi connectivity index (χ4v) is 3.23. The predicted molar refractivity (Wildman–Crippen MR) is 114 cm³/mol. The molecule has 2 aromatic rings. The van der Waals surface area contributed by atoms with Crippen LogP contribution in [0.15, 0.2) is 49.1 Å². The highest BCUT2D eigenvalue weighted by Gasteiger charge is 2.16. The van der Waals surface area contributed by atoms with E-state index in [1.807, 2.05) is 31.2 Å².